The molecule has 0 aromatic heterocycles. The number of thioether (sulfide) groups is 1. The van der Waals surface area contributed by atoms with Crippen molar-refractivity contribution >= 4 is 17.7 Å². The van der Waals surface area contributed by atoms with Gasteiger partial charge in [0, 0.05) is 23.6 Å². The van der Waals surface area contributed by atoms with E-state index in [1.165, 1.54) is 4.90 Å². The summed E-state index contributed by atoms with van der Waals surface area (Å²) in [6, 6.07) is 15.7. The van der Waals surface area contributed by atoms with Crippen LogP contribution in [0.4, 0.5) is 0 Å². The number of hydrogen-bond acceptors (Lipinski definition) is 4. The Morgan fingerprint density at radius 2 is 1.78 bits per heavy atom. The average molecular weight is 331 g/mol. The minimum absolute atomic E-state index is 0.0446. The second-order valence-corrected chi connectivity index (χ2v) is 6.05. The summed E-state index contributed by atoms with van der Waals surface area (Å²) in [7, 11) is 3.20. The second-order valence-electron chi connectivity index (χ2n) is 4.88. The van der Waals surface area contributed by atoms with E-state index in [4.69, 9.17) is 9.47 Å². The van der Waals surface area contributed by atoms with Crippen molar-refractivity contribution in [1.82, 2.24) is 5.32 Å². The molecule has 0 heterocycles. The number of nitrogens with one attached hydrogen (secondary N) is 1. The van der Waals surface area contributed by atoms with Crippen molar-refractivity contribution in [2.45, 2.75) is 17.9 Å². The monoisotopic (exact) mass is 331 g/mol. The van der Waals surface area contributed by atoms with Crippen LogP contribution in [0, 0.1) is 0 Å². The van der Waals surface area contributed by atoms with Crippen LogP contribution in [0.25, 0.3) is 0 Å². The number of amides is 1. The number of rotatable bonds is 8. The zero-order chi connectivity index (χ0) is 16.5. The van der Waals surface area contributed by atoms with Gasteiger partial charge in [0.2, 0.25) is 5.91 Å². The Morgan fingerprint density at radius 3 is 2.48 bits per heavy atom. The predicted molar refractivity (Wildman–Crippen MR) is 93.2 cm³/mol. The smallest absolute Gasteiger partial charge is 0.221 e. The lowest BCUT2D eigenvalue weighted by atomic mass is 10.2. The van der Waals surface area contributed by atoms with Crippen molar-refractivity contribution in [1.29, 1.82) is 0 Å². The minimum atomic E-state index is 0.0446. The minimum Gasteiger partial charge on any atom is -0.493 e. The van der Waals surface area contributed by atoms with E-state index in [9.17, 15) is 4.79 Å². The fourth-order valence-electron chi connectivity index (χ4n) is 2.06. The van der Waals surface area contributed by atoms with Crippen molar-refractivity contribution in [3.63, 3.8) is 0 Å². The first-order valence-electron chi connectivity index (χ1n) is 7.38. The van der Waals surface area contributed by atoms with Crippen LogP contribution in [0.2, 0.25) is 0 Å². The van der Waals surface area contributed by atoms with Gasteiger partial charge in [0.25, 0.3) is 0 Å². The molecule has 4 nitrogen and oxygen atoms in total. The van der Waals surface area contributed by atoms with Crippen LogP contribution >= 0.6 is 11.8 Å². The molecule has 0 unspecified atom stereocenters. The Balaban J connectivity index is 1.76. The average Bonchev–Trinajstić information content (AvgIpc) is 2.60. The van der Waals surface area contributed by atoms with Crippen LogP contribution in [0.15, 0.2) is 53.4 Å². The lowest BCUT2D eigenvalue weighted by molar-refractivity contribution is -0.120. The number of carbonyl (C=O) groups excluding carboxylic acids is 1. The maximum Gasteiger partial charge on any atom is 0.221 e. The van der Waals surface area contributed by atoms with Gasteiger partial charge in [-0.15, -0.1) is 11.8 Å². The van der Waals surface area contributed by atoms with Crippen molar-refractivity contribution in [3.8, 4) is 11.5 Å². The largest absolute Gasteiger partial charge is 0.493 e. The summed E-state index contributed by atoms with van der Waals surface area (Å²) in [5.41, 5.74) is 0.978. The van der Waals surface area contributed by atoms with Gasteiger partial charge in [-0.05, 0) is 29.8 Å². The summed E-state index contributed by atoms with van der Waals surface area (Å²) >= 11 is 1.68. The standard InChI is InChI=1S/C18H21NO3S/c1-21-16-9-8-14(12-17(16)22-2)13-19-18(20)10-11-23-15-6-4-3-5-7-15/h3-9,12H,10-11,13H2,1-2H3,(H,19,20). The quantitative estimate of drug-likeness (QED) is 0.752. The molecule has 122 valence electrons. The van der Waals surface area contributed by atoms with E-state index >= 15 is 0 Å². The molecule has 2 aromatic rings. The number of hydrogen-bond donors (Lipinski definition) is 1. The van der Waals surface area contributed by atoms with Gasteiger partial charge < -0.3 is 14.8 Å². The van der Waals surface area contributed by atoms with Gasteiger partial charge in [-0.25, -0.2) is 0 Å². The SMILES string of the molecule is COc1ccc(CNC(=O)CCSc2ccccc2)cc1OC. The molecule has 1 amide bonds. The zero-order valence-corrected chi connectivity index (χ0v) is 14.2. The van der Waals surface area contributed by atoms with E-state index < -0.39 is 0 Å². The number of carbonyl (C=O) groups is 1. The predicted octanol–water partition coefficient (Wildman–Crippen LogP) is 3.50. The summed E-state index contributed by atoms with van der Waals surface area (Å²) < 4.78 is 10.5. The van der Waals surface area contributed by atoms with Gasteiger partial charge in [0.1, 0.15) is 0 Å². The first-order valence-corrected chi connectivity index (χ1v) is 8.37. The molecular weight excluding hydrogens is 310 g/mol. The molecule has 0 fully saturated rings. The van der Waals surface area contributed by atoms with Crippen LogP contribution in [-0.4, -0.2) is 25.9 Å². The van der Waals surface area contributed by atoms with Crippen molar-refractivity contribution < 1.29 is 14.3 Å². The molecular formula is C18H21NO3S. The molecule has 0 bridgehead atoms. The Kier molecular flexibility index (Phi) is 6.81. The molecule has 0 saturated heterocycles. The van der Waals surface area contributed by atoms with E-state index in [1.54, 1.807) is 26.0 Å². The van der Waals surface area contributed by atoms with E-state index in [2.05, 4.69) is 5.32 Å². The third-order valence-electron chi connectivity index (χ3n) is 3.28. The zero-order valence-electron chi connectivity index (χ0n) is 13.4. The molecule has 2 rings (SSSR count). The summed E-state index contributed by atoms with van der Waals surface area (Å²) in [6.07, 6.45) is 0.493. The summed E-state index contributed by atoms with van der Waals surface area (Å²) in [6.45, 7) is 0.481. The maximum atomic E-state index is 11.9. The first kappa shape index (κ1) is 17.2. The number of ether oxygens (including phenoxy) is 2. The van der Waals surface area contributed by atoms with E-state index in [0.29, 0.717) is 24.5 Å². The van der Waals surface area contributed by atoms with Crippen molar-refractivity contribution in [2.75, 3.05) is 20.0 Å². The molecule has 2 aromatic carbocycles. The first-order chi connectivity index (χ1) is 11.2. The molecule has 0 aliphatic rings. The Morgan fingerprint density at radius 1 is 1.04 bits per heavy atom. The van der Waals surface area contributed by atoms with Gasteiger partial charge in [-0.3, -0.25) is 4.79 Å². The third-order valence-corrected chi connectivity index (χ3v) is 4.29. The topological polar surface area (TPSA) is 47.6 Å². The number of benzene rings is 2. The van der Waals surface area contributed by atoms with Crippen molar-refractivity contribution in [3.05, 3.63) is 54.1 Å². The fraction of sp³-hybridized carbons (Fsp3) is 0.278. The van der Waals surface area contributed by atoms with Crippen LogP contribution in [0.5, 0.6) is 11.5 Å². The van der Waals surface area contributed by atoms with Crippen molar-refractivity contribution in [2.24, 2.45) is 0 Å². The molecule has 0 saturated carbocycles. The highest BCUT2D eigenvalue weighted by Crippen LogP contribution is 2.27. The van der Waals surface area contributed by atoms with Gasteiger partial charge in [0.05, 0.1) is 14.2 Å². The van der Waals surface area contributed by atoms with Crippen LogP contribution in [0.3, 0.4) is 0 Å². The van der Waals surface area contributed by atoms with Gasteiger partial charge in [-0.2, -0.15) is 0 Å². The van der Waals surface area contributed by atoms with Gasteiger partial charge >= 0.3 is 0 Å². The number of methoxy groups -OCH3 is 2. The highest BCUT2D eigenvalue weighted by atomic mass is 32.2. The second kappa shape index (κ2) is 9.10. The summed E-state index contributed by atoms with van der Waals surface area (Å²) in [4.78, 5) is 13.1. The van der Waals surface area contributed by atoms with E-state index in [0.717, 1.165) is 11.3 Å². The van der Waals surface area contributed by atoms with Gasteiger partial charge in [-0.1, -0.05) is 24.3 Å². The lowest BCUT2D eigenvalue weighted by Crippen LogP contribution is -2.23. The molecule has 0 aliphatic carbocycles. The molecule has 23 heavy (non-hydrogen) atoms. The molecule has 1 N–H and O–H groups in total. The normalized spacial score (nSPS) is 10.2. The molecule has 5 heteroatoms. The van der Waals surface area contributed by atoms with Gasteiger partial charge in [0.15, 0.2) is 11.5 Å². The third kappa shape index (κ3) is 5.53. The lowest BCUT2D eigenvalue weighted by Gasteiger charge is -2.10. The molecule has 0 spiro atoms. The molecule has 0 aliphatic heterocycles. The fourth-order valence-corrected chi connectivity index (χ4v) is 2.93. The van der Waals surface area contributed by atoms with Crippen LogP contribution in [0.1, 0.15) is 12.0 Å². The highest BCUT2D eigenvalue weighted by Gasteiger charge is 2.06. The van der Waals surface area contributed by atoms with E-state index in [-0.39, 0.29) is 5.91 Å². The summed E-state index contributed by atoms with van der Waals surface area (Å²) in [5.74, 6) is 2.16. The molecule has 0 atom stereocenters. The highest BCUT2D eigenvalue weighted by molar-refractivity contribution is 7.99. The van der Waals surface area contributed by atoms with E-state index in [1.807, 2.05) is 48.5 Å². The maximum absolute atomic E-state index is 11.9. The Bertz CT molecular complexity index is 631. The summed E-state index contributed by atoms with van der Waals surface area (Å²) in [5, 5.41) is 2.93. The Hall–Kier alpha value is -2.14. The van der Waals surface area contributed by atoms with Crippen LogP contribution < -0.4 is 14.8 Å². The van der Waals surface area contributed by atoms with Crippen LogP contribution in [-0.2, 0) is 11.3 Å². The molecule has 0 radical (unpaired) electrons. The Labute approximate surface area is 141 Å².